The van der Waals surface area contributed by atoms with E-state index >= 15 is 0 Å². The van der Waals surface area contributed by atoms with Crippen LogP contribution in [0.25, 0.3) is 0 Å². The average Bonchev–Trinajstić information content (AvgIpc) is 2.81. The molecule has 0 saturated heterocycles. The van der Waals surface area contributed by atoms with Gasteiger partial charge < -0.3 is 5.32 Å². The lowest BCUT2D eigenvalue weighted by Gasteiger charge is -2.04. The summed E-state index contributed by atoms with van der Waals surface area (Å²) in [5.41, 5.74) is 0.479. The van der Waals surface area contributed by atoms with Crippen molar-refractivity contribution in [3.8, 4) is 0 Å². The van der Waals surface area contributed by atoms with E-state index in [0.717, 1.165) is 16.6 Å². The van der Waals surface area contributed by atoms with Crippen LogP contribution >= 0.6 is 22.9 Å². The molecule has 6 heteroatoms. The van der Waals surface area contributed by atoms with Gasteiger partial charge in [-0.3, -0.25) is 0 Å². The maximum absolute atomic E-state index is 13.7. The number of benzene rings is 1. The van der Waals surface area contributed by atoms with Crippen LogP contribution in [-0.4, -0.2) is 16.7 Å². The van der Waals surface area contributed by atoms with Crippen molar-refractivity contribution >= 4 is 22.9 Å². The summed E-state index contributed by atoms with van der Waals surface area (Å²) in [6, 6.07) is 4.70. The van der Waals surface area contributed by atoms with Crippen LogP contribution in [0.4, 0.5) is 4.39 Å². The molecule has 20 heavy (non-hydrogen) atoms. The van der Waals surface area contributed by atoms with Crippen LogP contribution < -0.4 is 5.32 Å². The van der Waals surface area contributed by atoms with Crippen LogP contribution in [0.2, 0.25) is 5.02 Å². The normalized spacial score (nSPS) is 11.2. The monoisotopic (exact) mass is 313 g/mol. The van der Waals surface area contributed by atoms with E-state index in [-0.39, 0.29) is 5.82 Å². The van der Waals surface area contributed by atoms with E-state index in [0.29, 0.717) is 29.5 Å². The predicted octanol–water partition coefficient (Wildman–Crippen LogP) is 3.67. The highest BCUT2D eigenvalue weighted by molar-refractivity contribution is 7.11. The lowest BCUT2D eigenvalue weighted by atomic mass is 10.1. The zero-order valence-electron chi connectivity index (χ0n) is 11.5. The van der Waals surface area contributed by atoms with E-state index in [4.69, 9.17) is 11.6 Å². The molecule has 1 aromatic heterocycles. The van der Waals surface area contributed by atoms with Gasteiger partial charge in [0.2, 0.25) is 0 Å². The molecular formula is C14H17ClFN3S. The summed E-state index contributed by atoms with van der Waals surface area (Å²) in [5.74, 6) is 0.298. The number of nitrogens with one attached hydrogen (secondary N) is 1. The van der Waals surface area contributed by atoms with E-state index < -0.39 is 0 Å². The van der Waals surface area contributed by atoms with Crippen molar-refractivity contribution in [3.05, 3.63) is 44.6 Å². The van der Waals surface area contributed by atoms with Gasteiger partial charge in [-0.25, -0.2) is 4.39 Å². The van der Waals surface area contributed by atoms with Gasteiger partial charge >= 0.3 is 0 Å². The van der Waals surface area contributed by atoms with Gasteiger partial charge in [0, 0.05) is 23.6 Å². The van der Waals surface area contributed by atoms with E-state index in [9.17, 15) is 4.39 Å². The number of aromatic nitrogens is 2. The van der Waals surface area contributed by atoms with Gasteiger partial charge in [-0.05, 0) is 24.6 Å². The summed E-state index contributed by atoms with van der Waals surface area (Å²) in [6.45, 7) is 5.94. The molecule has 0 atom stereocenters. The standard InChI is InChI=1S/C14H17ClFN3S/c1-9(2)7-17-8-14-19-18-13(20-14)6-10-11(15)4-3-5-12(10)16/h3-5,9,17H,6-8H2,1-2H3. The third kappa shape index (κ3) is 4.23. The smallest absolute Gasteiger partial charge is 0.131 e. The molecular weight excluding hydrogens is 297 g/mol. The molecule has 1 aromatic carbocycles. The number of hydrogen-bond acceptors (Lipinski definition) is 4. The van der Waals surface area contributed by atoms with Gasteiger partial charge in [0.25, 0.3) is 0 Å². The number of halogens is 2. The first-order valence-electron chi connectivity index (χ1n) is 6.51. The Bertz CT molecular complexity index is 551. The molecule has 0 saturated carbocycles. The Morgan fingerprint density at radius 3 is 2.75 bits per heavy atom. The molecule has 0 radical (unpaired) electrons. The molecule has 2 rings (SSSR count). The third-order valence-corrected chi connectivity index (χ3v) is 4.00. The highest BCUT2D eigenvalue weighted by Crippen LogP contribution is 2.23. The summed E-state index contributed by atoms with van der Waals surface area (Å²) < 4.78 is 13.7. The molecule has 1 heterocycles. The summed E-state index contributed by atoms with van der Waals surface area (Å²) in [7, 11) is 0. The molecule has 0 aliphatic rings. The summed E-state index contributed by atoms with van der Waals surface area (Å²) >= 11 is 7.50. The quantitative estimate of drug-likeness (QED) is 0.884. The molecule has 0 amide bonds. The highest BCUT2D eigenvalue weighted by atomic mass is 35.5. The Balaban J connectivity index is 1.99. The van der Waals surface area contributed by atoms with Crippen molar-refractivity contribution < 1.29 is 4.39 Å². The number of rotatable bonds is 6. The second-order valence-electron chi connectivity index (χ2n) is 4.99. The maximum atomic E-state index is 13.7. The van der Waals surface area contributed by atoms with Gasteiger partial charge in [-0.2, -0.15) is 0 Å². The van der Waals surface area contributed by atoms with Crippen molar-refractivity contribution in [2.24, 2.45) is 5.92 Å². The average molecular weight is 314 g/mol. The molecule has 0 aliphatic heterocycles. The van der Waals surface area contributed by atoms with Gasteiger partial charge in [-0.1, -0.05) is 42.9 Å². The minimum Gasteiger partial charge on any atom is -0.310 e. The van der Waals surface area contributed by atoms with Gasteiger partial charge in [-0.15, -0.1) is 10.2 Å². The molecule has 0 unspecified atom stereocenters. The Labute approximate surface area is 127 Å². The lowest BCUT2D eigenvalue weighted by Crippen LogP contribution is -2.18. The minimum absolute atomic E-state index is 0.299. The van der Waals surface area contributed by atoms with Crippen molar-refractivity contribution in [1.82, 2.24) is 15.5 Å². The van der Waals surface area contributed by atoms with E-state index in [1.165, 1.54) is 17.4 Å². The van der Waals surface area contributed by atoms with Crippen LogP contribution in [0.1, 0.15) is 29.4 Å². The molecule has 0 bridgehead atoms. The van der Waals surface area contributed by atoms with E-state index in [1.807, 2.05) is 0 Å². The van der Waals surface area contributed by atoms with Crippen molar-refractivity contribution in [2.75, 3.05) is 6.54 Å². The van der Waals surface area contributed by atoms with Crippen LogP contribution in [-0.2, 0) is 13.0 Å². The van der Waals surface area contributed by atoms with Crippen LogP contribution in [0.3, 0.4) is 0 Å². The largest absolute Gasteiger partial charge is 0.310 e. The second kappa shape index (κ2) is 7.11. The van der Waals surface area contributed by atoms with Crippen LogP contribution in [0.15, 0.2) is 18.2 Å². The molecule has 0 fully saturated rings. The SMILES string of the molecule is CC(C)CNCc1nnc(Cc2c(F)cccc2Cl)s1. The fourth-order valence-corrected chi connectivity index (χ4v) is 2.81. The molecule has 3 nitrogen and oxygen atoms in total. The van der Waals surface area contributed by atoms with Crippen LogP contribution in [0, 0.1) is 11.7 Å². The zero-order valence-corrected chi connectivity index (χ0v) is 13.1. The highest BCUT2D eigenvalue weighted by Gasteiger charge is 2.11. The molecule has 1 N–H and O–H groups in total. The van der Waals surface area contributed by atoms with Crippen LogP contribution in [0.5, 0.6) is 0 Å². The van der Waals surface area contributed by atoms with E-state index in [1.54, 1.807) is 12.1 Å². The number of hydrogen-bond donors (Lipinski definition) is 1. The number of nitrogens with zero attached hydrogens (tertiary/aromatic N) is 2. The Kier molecular flexibility index (Phi) is 5.46. The lowest BCUT2D eigenvalue weighted by molar-refractivity contribution is 0.550. The van der Waals surface area contributed by atoms with Crippen molar-refractivity contribution in [2.45, 2.75) is 26.8 Å². The summed E-state index contributed by atoms with van der Waals surface area (Å²) in [6.07, 6.45) is 0.382. The predicted molar refractivity (Wildman–Crippen MR) is 80.7 cm³/mol. The van der Waals surface area contributed by atoms with Gasteiger partial charge in [0.05, 0.1) is 0 Å². The van der Waals surface area contributed by atoms with E-state index in [2.05, 4.69) is 29.4 Å². The topological polar surface area (TPSA) is 37.8 Å². The van der Waals surface area contributed by atoms with Gasteiger partial charge in [0.15, 0.2) is 0 Å². The fourth-order valence-electron chi connectivity index (χ4n) is 1.75. The fraction of sp³-hybridized carbons (Fsp3) is 0.429. The zero-order chi connectivity index (χ0) is 14.5. The van der Waals surface area contributed by atoms with Crippen molar-refractivity contribution in [1.29, 1.82) is 0 Å². The summed E-state index contributed by atoms with van der Waals surface area (Å²) in [5, 5.41) is 13.6. The molecule has 0 spiro atoms. The molecule has 0 aliphatic carbocycles. The maximum Gasteiger partial charge on any atom is 0.131 e. The second-order valence-corrected chi connectivity index (χ2v) is 6.55. The first-order valence-corrected chi connectivity index (χ1v) is 7.70. The first-order chi connectivity index (χ1) is 9.56. The Morgan fingerprint density at radius 1 is 1.30 bits per heavy atom. The molecule has 2 aromatic rings. The Hall–Kier alpha value is -1.04. The van der Waals surface area contributed by atoms with Crippen molar-refractivity contribution in [3.63, 3.8) is 0 Å². The summed E-state index contributed by atoms with van der Waals surface area (Å²) in [4.78, 5) is 0. The van der Waals surface area contributed by atoms with Gasteiger partial charge in [0.1, 0.15) is 15.8 Å². The third-order valence-electron chi connectivity index (χ3n) is 2.73. The first kappa shape index (κ1) is 15.4. The Morgan fingerprint density at radius 2 is 2.05 bits per heavy atom. The molecule has 108 valence electrons. The minimum atomic E-state index is -0.299.